The number of thioether (sulfide) groups is 2. The number of hydrogen-bond acceptors (Lipinski definition) is 6. The molecule has 0 aliphatic carbocycles. The van der Waals surface area contributed by atoms with E-state index in [0.29, 0.717) is 17.1 Å². The number of hydrogen-bond donors (Lipinski definition) is 3. The number of imidazole rings is 1. The van der Waals surface area contributed by atoms with E-state index in [2.05, 4.69) is 9.97 Å². The number of carboxylic acid groups (broad SMARTS) is 1. The maximum atomic E-state index is 12.0. The topological polar surface area (TPSA) is 112 Å². The van der Waals surface area contributed by atoms with E-state index >= 15 is 0 Å². The van der Waals surface area contributed by atoms with Gasteiger partial charge in [0.05, 0.1) is 0 Å². The van der Waals surface area contributed by atoms with Crippen LogP contribution in [-0.2, 0) is 16.0 Å². The molecule has 1 aromatic carbocycles. The Morgan fingerprint density at radius 1 is 1.42 bits per heavy atom. The van der Waals surface area contributed by atoms with Crippen LogP contribution in [0.15, 0.2) is 52.2 Å². The molecule has 0 unspecified atom stereocenters. The van der Waals surface area contributed by atoms with Crippen LogP contribution in [0, 0.1) is 0 Å². The normalized spacial score (nSPS) is 22.2. The number of amides is 1. The van der Waals surface area contributed by atoms with Gasteiger partial charge in [-0.1, -0.05) is 23.9 Å². The maximum Gasteiger partial charge on any atom is 0.353 e. The number of carboxylic acids is 1. The number of benzene rings is 1. The van der Waals surface area contributed by atoms with Crippen LogP contribution in [0.25, 0.3) is 0 Å². The first-order chi connectivity index (χ1) is 12.5. The molecule has 2 atom stereocenters. The zero-order valence-corrected chi connectivity index (χ0v) is 15.2. The zero-order chi connectivity index (χ0) is 18.3. The van der Waals surface area contributed by atoms with E-state index in [-0.39, 0.29) is 17.0 Å². The van der Waals surface area contributed by atoms with Crippen molar-refractivity contribution in [2.75, 3.05) is 5.75 Å². The van der Waals surface area contributed by atoms with Gasteiger partial charge in [-0.2, -0.15) is 0 Å². The minimum atomic E-state index is -1.09. The Kier molecular flexibility index (Phi) is 4.51. The molecule has 1 amide bonds. The predicted octanol–water partition coefficient (Wildman–Crippen LogP) is 1.63. The molecule has 7 nitrogen and oxygen atoms in total. The molecule has 4 N–H and O–H groups in total. The van der Waals surface area contributed by atoms with Gasteiger partial charge in [-0.25, -0.2) is 9.78 Å². The Morgan fingerprint density at radius 3 is 2.85 bits per heavy atom. The zero-order valence-electron chi connectivity index (χ0n) is 13.6. The van der Waals surface area contributed by atoms with Gasteiger partial charge < -0.3 is 15.8 Å². The van der Waals surface area contributed by atoms with Gasteiger partial charge in [-0.15, -0.1) is 11.8 Å². The fourth-order valence-electron chi connectivity index (χ4n) is 2.97. The van der Waals surface area contributed by atoms with Gasteiger partial charge in [0.25, 0.3) is 0 Å². The summed E-state index contributed by atoms with van der Waals surface area (Å²) in [5, 5.41) is 9.31. The number of β-lactam (4-membered cyclic amide) rings is 1. The monoisotopic (exact) mass is 388 g/mol. The molecule has 134 valence electrons. The lowest BCUT2D eigenvalue weighted by Crippen LogP contribution is -2.68. The summed E-state index contributed by atoms with van der Waals surface area (Å²) in [6.07, 6.45) is 4.21. The Balaban J connectivity index is 1.53. The molecule has 2 aliphatic heterocycles. The van der Waals surface area contributed by atoms with Gasteiger partial charge in [0.1, 0.15) is 22.9 Å². The molecule has 0 radical (unpaired) electrons. The smallest absolute Gasteiger partial charge is 0.353 e. The van der Waals surface area contributed by atoms with Crippen molar-refractivity contribution in [3.63, 3.8) is 0 Å². The lowest BCUT2D eigenvalue weighted by Gasteiger charge is -2.47. The minimum absolute atomic E-state index is 0.0603. The molecule has 2 aromatic rings. The van der Waals surface area contributed by atoms with Gasteiger partial charge in [-0.05, 0) is 17.7 Å². The van der Waals surface area contributed by atoms with Gasteiger partial charge in [0.15, 0.2) is 0 Å². The number of H-pyrrole nitrogens is 1. The highest BCUT2D eigenvalue weighted by Gasteiger charge is 2.51. The highest BCUT2D eigenvalue weighted by atomic mass is 32.2. The number of aromatic nitrogens is 2. The molecular formula is C17H16N4O3S2. The lowest BCUT2D eigenvalue weighted by atomic mass is 10.1. The summed E-state index contributed by atoms with van der Waals surface area (Å²) in [5.74, 6) is 0.00500. The summed E-state index contributed by atoms with van der Waals surface area (Å²) >= 11 is 2.89. The van der Waals surface area contributed by atoms with Crippen LogP contribution in [-0.4, -0.2) is 49.0 Å². The second-order valence-electron chi connectivity index (χ2n) is 5.97. The molecular weight excluding hydrogens is 372 g/mol. The van der Waals surface area contributed by atoms with Crippen LogP contribution < -0.4 is 5.73 Å². The molecule has 26 heavy (non-hydrogen) atoms. The highest BCUT2D eigenvalue weighted by molar-refractivity contribution is 8.06. The number of fused-ring (bicyclic) bond motifs is 1. The fourth-order valence-corrected chi connectivity index (χ4v) is 5.39. The summed E-state index contributed by atoms with van der Waals surface area (Å²) in [6.45, 7) is 0. The van der Waals surface area contributed by atoms with Crippen LogP contribution in [0.2, 0.25) is 0 Å². The maximum absolute atomic E-state index is 12.0. The molecule has 0 spiro atoms. The predicted molar refractivity (Wildman–Crippen MR) is 99.4 cm³/mol. The first-order valence-corrected chi connectivity index (χ1v) is 9.83. The molecule has 1 aromatic heterocycles. The van der Waals surface area contributed by atoms with Crippen molar-refractivity contribution in [2.45, 2.75) is 22.7 Å². The lowest BCUT2D eigenvalue weighted by molar-refractivity contribution is -0.147. The van der Waals surface area contributed by atoms with Crippen molar-refractivity contribution in [1.82, 2.24) is 14.9 Å². The highest BCUT2D eigenvalue weighted by Crippen LogP contribution is 2.44. The van der Waals surface area contributed by atoms with E-state index in [1.54, 1.807) is 12.4 Å². The van der Waals surface area contributed by atoms with E-state index in [9.17, 15) is 14.7 Å². The first-order valence-electron chi connectivity index (χ1n) is 7.96. The van der Waals surface area contributed by atoms with Gasteiger partial charge >= 0.3 is 5.97 Å². The number of aliphatic carboxylic acids is 1. The molecule has 0 saturated carbocycles. The van der Waals surface area contributed by atoms with E-state index in [1.807, 2.05) is 24.3 Å². The van der Waals surface area contributed by atoms with E-state index in [1.165, 1.54) is 28.4 Å². The standard InChI is InChI=1S/C17H16N4O3S2/c18-13-15(22)21-14(17(23)24)11(8-25-16(13)21)26-10-3-1-9(2-4-10)7-12-19-5-6-20-12/h1-6,13,16H,7-8,18H2,(H,19,20)(H,23,24)/t13-,16-/m1/s1. The molecule has 1 fully saturated rings. The van der Waals surface area contributed by atoms with Gasteiger partial charge in [0, 0.05) is 34.4 Å². The number of nitrogens with two attached hydrogens (primary N) is 1. The van der Waals surface area contributed by atoms with Crippen molar-refractivity contribution in [3.8, 4) is 0 Å². The second kappa shape index (κ2) is 6.82. The summed E-state index contributed by atoms with van der Waals surface area (Å²) in [6, 6.07) is 7.29. The van der Waals surface area contributed by atoms with E-state index in [4.69, 9.17) is 5.73 Å². The molecule has 1 saturated heterocycles. The van der Waals surface area contributed by atoms with Crippen LogP contribution in [0.5, 0.6) is 0 Å². The largest absolute Gasteiger partial charge is 0.477 e. The van der Waals surface area contributed by atoms with Crippen molar-refractivity contribution < 1.29 is 14.7 Å². The second-order valence-corrected chi connectivity index (χ2v) is 8.24. The summed E-state index contributed by atoms with van der Waals surface area (Å²) in [7, 11) is 0. The van der Waals surface area contributed by atoms with Crippen molar-refractivity contribution in [2.24, 2.45) is 5.73 Å². The number of carbonyl (C=O) groups excluding carboxylic acids is 1. The van der Waals surface area contributed by atoms with Crippen LogP contribution in [0.4, 0.5) is 0 Å². The molecule has 0 bridgehead atoms. The third-order valence-corrected chi connectivity index (χ3v) is 6.84. The summed E-state index contributed by atoms with van der Waals surface area (Å²) < 4.78 is 0. The molecule has 3 heterocycles. The average Bonchev–Trinajstić information content (AvgIpc) is 3.15. The number of nitrogens with one attached hydrogen (secondary N) is 1. The third kappa shape index (κ3) is 3.02. The van der Waals surface area contributed by atoms with Gasteiger partial charge in [0.2, 0.25) is 5.91 Å². The minimum Gasteiger partial charge on any atom is -0.477 e. The SMILES string of the molecule is N[C@@H]1C(=O)N2C(C(=O)O)=C(Sc3ccc(Cc4ncc[nH]4)cc3)CS[C@H]12. The Morgan fingerprint density at radius 2 is 2.19 bits per heavy atom. The molecule has 4 rings (SSSR count). The molecule has 9 heteroatoms. The Hall–Kier alpha value is -2.23. The number of carbonyl (C=O) groups is 2. The number of nitrogens with zero attached hydrogens (tertiary/aromatic N) is 2. The summed E-state index contributed by atoms with van der Waals surface area (Å²) in [5.41, 5.74) is 6.94. The number of aromatic amines is 1. The fraction of sp³-hybridized carbons (Fsp3) is 0.235. The van der Waals surface area contributed by atoms with Crippen LogP contribution in [0.3, 0.4) is 0 Å². The van der Waals surface area contributed by atoms with Crippen LogP contribution >= 0.6 is 23.5 Å². The van der Waals surface area contributed by atoms with Crippen molar-refractivity contribution >= 4 is 35.4 Å². The average molecular weight is 388 g/mol. The molecule has 2 aliphatic rings. The van der Waals surface area contributed by atoms with Gasteiger partial charge in [-0.3, -0.25) is 9.69 Å². The van der Waals surface area contributed by atoms with Crippen molar-refractivity contribution in [3.05, 3.63) is 58.6 Å². The van der Waals surface area contributed by atoms with Crippen LogP contribution in [0.1, 0.15) is 11.4 Å². The third-order valence-electron chi connectivity index (χ3n) is 4.27. The van der Waals surface area contributed by atoms with E-state index < -0.39 is 12.0 Å². The Labute approximate surface area is 158 Å². The van der Waals surface area contributed by atoms with Crippen molar-refractivity contribution in [1.29, 1.82) is 0 Å². The quantitative estimate of drug-likeness (QED) is 0.667. The Bertz CT molecular complexity index is 880. The number of rotatable bonds is 5. The van der Waals surface area contributed by atoms with E-state index in [0.717, 1.165) is 16.3 Å². The summed E-state index contributed by atoms with van der Waals surface area (Å²) in [4.78, 5) is 33.9. The first kappa shape index (κ1) is 17.2.